The van der Waals surface area contributed by atoms with Crippen molar-refractivity contribution in [2.45, 2.75) is 71.1 Å². The van der Waals surface area contributed by atoms with Gasteiger partial charge < -0.3 is 4.42 Å². The molecule has 3 heteroatoms. The molecule has 1 heterocycles. The van der Waals surface area contributed by atoms with Gasteiger partial charge in [-0.05, 0) is 84.7 Å². The molecule has 3 fully saturated rings. The van der Waals surface area contributed by atoms with Crippen LogP contribution in [0.1, 0.15) is 76.7 Å². The van der Waals surface area contributed by atoms with Crippen LogP contribution in [-0.2, 0) is 4.79 Å². The fourth-order valence-electron chi connectivity index (χ4n) is 7.45. The van der Waals surface area contributed by atoms with E-state index in [1.54, 1.807) is 17.9 Å². The molecule has 0 amide bonds. The summed E-state index contributed by atoms with van der Waals surface area (Å²) >= 11 is 0. The molecule has 1 aromatic rings. The Bertz CT molecular complexity index is 844. The summed E-state index contributed by atoms with van der Waals surface area (Å²) in [5.74, 6) is 2.93. The minimum absolute atomic E-state index is 0.189. The number of fused-ring (bicyclic) bond motifs is 5. The summed E-state index contributed by atoms with van der Waals surface area (Å²) in [4.78, 5) is 23.4. The van der Waals surface area contributed by atoms with E-state index in [0.717, 1.165) is 31.6 Å². The van der Waals surface area contributed by atoms with Crippen LogP contribution in [0.15, 0.2) is 39.3 Å². The lowest BCUT2D eigenvalue weighted by atomic mass is 9.46. The van der Waals surface area contributed by atoms with Gasteiger partial charge in [-0.15, -0.1) is 0 Å². The van der Waals surface area contributed by atoms with Crippen molar-refractivity contribution in [3.05, 3.63) is 46.0 Å². The standard InChI is InChI=1S/C24H30O3/c1-23-11-9-17(25)13-16(23)4-5-18-20-7-6-19(15-3-8-22(26)27-14-15)24(20,2)12-10-21(18)23/h3,7-8,14,16,18-19,21H,4-6,9-13H2,1-2H3/t16-,18?,19-,21?,23+,24-/m1/s1. The van der Waals surface area contributed by atoms with Gasteiger partial charge in [-0.2, -0.15) is 0 Å². The molecular formula is C24H30O3. The lowest BCUT2D eigenvalue weighted by molar-refractivity contribution is -0.131. The number of rotatable bonds is 1. The summed E-state index contributed by atoms with van der Waals surface area (Å²) in [5, 5.41) is 0. The molecule has 144 valence electrons. The second kappa shape index (κ2) is 5.93. The smallest absolute Gasteiger partial charge is 0.335 e. The second-order valence-electron chi connectivity index (χ2n) is 10.0. The number of hydrogen-bond acceptors (Lipinski definition) is 3. The summed E-state index contributed by atoms with van der Waals surface area (Å²) in [6, 6.07) is 3.53. The molecule has 0 saturated heterocycles. The topological polar surface area (TPSA) is 47.3 Å². The van der Waals surface area contributed by atoms with E-state index in [4.69, 9.17) is 4.42 Å². The van der Waals surface area contributed by atoms with Crippen molar-refractivity contribution in [1.29, 1.82) is 0 Å². The highest BCUT2D eigenvalue weighted by Crippen LogP contribution is 2.66. The molecule has 0 aliphatic heterocycles. The van der Waals surface area contributed by atoms with Crippen molar-refractivity contribution in [2.24, 2.45) is 28.6 Å². The summed E-state index contributed by atoms with van der Waals surface area (Å²) in [6.07, 6.45) is 12.9. The summed E-state index contributed by atoms with van der Waals surface area (Å²) in [7, 11) is 0. The molecule has 4 aliphatic rings. The molecule has 0 bridgehead atoms. The summed E-state index contributed by atoms with van der Waals surface area (Å²) in [6.45, 7) is 4.93. The van der Waals surface area contributed by atoms with E-state index in [1.165, 1.54) is 31.2 Å². The van der Waals surface area contributed by atoms with Crippen LogP contribution < -0.4 is 5.63 Å². The van der Waals surface area contributed by atoms with E-state index < -0.39 is 0 Å². The zero-order valence-corrected chi connectivity index (χ0v) is 16.5. The van der Waals surface area contributed by atoms with Gasteiger partial charge >= 0.3 is 5.63 Å². The monoisotopic (exact) mass is 366 g/mol. The first-order valence-corrected chi connectivity index (χ1v) is 10.7. The number of Topliss-reactive ketones (excluding diaryl/α,β-unsaturated/α-hetero) is 1. The number of carbonyl (C=O) groups excluding carboxylic acids is 1. The van der Waals surface area contributed by atoms with Crippen LogP contribution >= 0.6 is 0 Å². The average molecular weight is 367 g/mol. The molecule has 2 unspecified atom stereocenters. The Morgan fingerprint density at radius 1 is 1.07 bits per heavy atom. The molecular weight excluding hydrogens is 336 g/mol. The van der Waals surface area contributed by atoms with E-state index in [9.17, 15) is 9.59 Å². The van der Waals surface area contributed by atoms with Crippen LogP contribution in [0.25, 0.3) is 0 Å². The Kier molecular flexibility index (Phi) is 3.83. The van der Waals surface area contributed by atoms with Crippen molar-refractivity contribution in [3.8, 4) is 0 Å². The molecule has 0 spiro atoms. The van der Waals surface area contributed by atoms with Gasteiger partial charge in [0.25, 0.3) is 0 Å². The molecule has 3 saturated carbocycles. The molecule has 4 aliphatic carbocycles. The van der Waals surface area contributed by atoms with Gasteiger partial charge in [0.05, 0.1) is 6.26 Å². The average Bonchev–Trinajstić information content (AvgIpc) is 3.00. The van der Waals surface area contributed by atoms with E-state index >= 15 is 0 Å². The van der Waals surface area contributed by atoms with E-state index in [1.807, 2.05) is 6.07 Å². The van der Waals surface area contributed by atoms with Crippen LogP contribution in [0.3, 0.4) is 0 Å². The van der Waals surface area contributed by atoms with Crippen molar-refractivity contribution >= 4 is 5.78 Å². The van der Waals surface area contributed by atoms with Crippen LogP contribution in [0, 0.1) is 28.6 Å². The maximum atomic E-state index is 12.0. The Morgan fingerprint density at radius 2 is 1.93 bits per heavy atom. The number of hydrogen-bond donors (Lipinski definition) is 0. The van der Waals surface area contributed by atoms with Crippen molar-refractivity contribution in [2.75, 3.05) is 0 Å². The predicted molar refractivity (Wildman–Crippen MR) is 104 cm³/mol. The van der Waals surface area contributed by atoms with Gasteiger partial charge in [0.2, 0.25) is 0 Å². The zero-order valence-electron chi connectivity index (χ0n) is 16.5. The van der Waals surface area contributed by atoms with Crippen LogP contribution in [0.4, 0.5) is 0 Å². The molecule has 0 radical (unpaired) electrons. The molecule has 5 rings (SSSR count). The first-order chi connectivity index (χ1) is 12.9. The van der Waals surface area contributed by atoms with Crippen molar-refractivity contribution < 1.29 is 9.21 Å². The summed E-state index contributed by atoms with van der Waals surface area (Å²) < 4.78 is 5.19. The third-order valence-corrected chi connectivity index (χ3v) is 9.01. The highest BCUT2D eigenvalue weighted by Gasteiger charge is 2.57. The lowest BCUT2D eigenvalue weighted by Gasteiger charge is -2.58. The molecule has 27 heavy (non-hydrogen) atoms. The number of allylic oxidation sites excluding steroid dienone is 2. The normalized spacial score (nSPS) is 43.5. The van der Waals surface area contributed by atoms with Gasteiger partial charge in [-0.3, -0.25) is 4.79 Å². The zero-order chi connectivity index (χ0) is 18.8. The van der Waals surface area contributed by atoms with Gasteiger partial charge in [-0.1, -0.05) is 25.5 Å². The Morgan fingerprint density at radius 3 is 2.70 bits per heavy atom. The molecule has 6 atom stereocenters. The lowest BCUT2D eigenvalue weighted by Crippen LogP contribution is -2.51. The van der Waals surface area contributed by atoms with E-state index in [2.05, 4.69) is 19.9 Å². The van der Waals surface area contributed by atoms with Gasteiger partial charge in [0.15, 0.2) is 0 Å². The highest BCUT2D eigenvalue weighted by atomic mass is 16.4. The Balaban J connectivity index is 1.45. The third kappa shape index (κ3) is 2.46. The SMILES string of the molecule is C[C@]12CCC3C(CC[C@@H]4CC(=O)CC[C@]34C)C1=CC[C@@H]2c1ccc(=O)oc1. The van der Waals surface area contributed by atoms with Crippen LogP contribution in [0.5, 0.6) is 0 Å². The third-order valence-electron chi connectivity index (χ3n) is 9.01. The first kappa shape index (κ1) is 17.5. The van der Waals surface area contributed by atoms with Gasteiger partial charge in [0.1, 0.15) is 5.78 Å². The number of ketones is 1. The fourth-order valence-corrected chi connectivity index (χ4v) is 7.45. The fraction of sp³-hybridized carbons (Fsp3) is 0.667. The second-order valence-corrected chi connectivity index (χ2v) is 10.0. The first-order valence-electron chi connectivity index (χ1n) is 10.7. The molecule has 0 N–H and O–H groups in total. The van der Waals surface area contributed by atoms with Crippen LogP contribution in [0.2, 0.25) is 0 Å². The van der Waals surface area contributed by atoms with Crippen LogP contribution in [-0.4, -0.2) is 5.78 Å². The van der Waals surface area contributed by atoms with E-state index in [-0.39, 0.29) is 11.0 Å². The quantitative estimate of drug-likeness (QED) is 0.637. The highest BCUT2D eigenvalue weighted by molar-refractivity contribution is 5.79. The minimum atomic E-state index is -0.267. The molecule has 0 aromatic carbocycles. The molecule has 3 nitrogen and oxygen atoms in total. The maximum Gasteiger partial charge on any atom is 0.335 e. The minimum Gasteiger partial charge on any atom is -0.431 e. The molecule has 1 aromatic heterocycles. The maximum absolute atomic E-state index is 12.0. The van der Waals surface area contributed by atoms with E-state index in [0.29, 0.717) is 29.0 Å². The number of carbonyl (C=O) groups is 1. The largest absolute Gasteiger partial charge is 0.431 e. The van der Waals surface area contributed by atoms with Gasteiger partial charge in [-0.25, -0.2) is 4.79 Å². The van der Waals surface area contributed by atoms with Gasteiger partial charge in [0, 0.05) is 18.9 Å². The summed E-state index contributed by atoms with van der Waals surface area (Å²) in [5.41, 5.74) is 3.11. The predicted octanol–water partition coefficient (Wildman–Crippen LogP) is 5.26. The Hall–Kier alpha value is -1.64. The van der Waals surface area contributed by atoms with Crippen molar-refractivity contribution in [3.63, 3.8) is 0 Å². The Labute approximate surface area is 161 Å². The van der Waals surface area contributed by atoms with Crippen molar-refractivity contribution in [1.82, 2.24) is 0 Å².